The normalized spacial score (nSPS) is 16.0. The lowest BCUT2D eigenvalue weighted by Gasteiger charge is -2.25. The summed E-state index contributed by atoms with van der Waals surface area (Å²) in [5, 5.41) is 19.5. The molecule has 1 atom stereocenters. The maximum Gasteiger partial charge on any atom is 0.343 e. The molecule has 2 heterocycles. The van der Waals surface area contributed by atoms with Crippen LogP contribution in [0.1, 0.15) is 22.8 Å². The Morgan fingerprint density at radius 1 is 1.40 bits per heavy atom. The summed E-state index contributed by atoms with van der Waals surface area (Å²) in [6.45, 7) is 1.61. The highest BCUT2D eigenvalue weighted by Crippen LogP contribution is 2.44. The summed E-state index contributed by atoms with van der Waals surface area (Å²) in [6, 6.07) is 6.64. The van der Waals surface area contributed by atoms with E-state index in [1.807, 2.05) is 6.07 Å². The van der Waals surface area contributed by atoms with Crippen molar-refractivity contribution in [1.82, 2.24) is 0 Å². The number of fused-ring (bicyclic) bond motifs is 1. The fourth-order valence-electron chi connectivity index (χ4n) is 2.77. The third kappa shape index (κ3) is 2.72. The van der Waals surface area contributed by atoms with E-state index in [-0.39, 0.29) is 34.3 Å². The van der Waals surface area contributed by atoms with E-state index < -0.39 is 11.5 Å². The number of hydrogen-bond donors (Lipinski definition) is 2. The molecule has 1 aromatic carbocycles. The molecule has 0 radical (unpaired) electrons. The van der Waals surface area contributed by atoms with Crippen LogP contribution in [-0.4, -0.2) is 12.2 Å². The minimum Gasteiger partial charge on any atom is -0.503 e. The van der Waals surface area contributed by atoms with Crippen LogP contribution in [0.5, 0.6) is 17.2 Å². The number of halogens is 1. The average Bonchev–Trinajstić information content (AvgIpc) is 2.55. The minimum absolute atomic E-state index is 0.0725. The summed E-state index contributed by atoms with van der Waals surface area (Å²) in [5.41, 5.74) is 6.01. The van der Waals surface area contributed by atoms with Crippen LogP contribution in [0, 0.1) is 18.3 Å². The Morgan fingerprint density at radius 2 is 2.12 bits per heavy atom. The Kier molecular flexibility index (Phi) is 4.18. The molecule has 0 bridgehead atoms. The number of rotatable bonds is 2. The number of methoxy groups -OCH3 is 1. The number of ether oxygens (including phenoxy) is 2. The second-order valence-electron chi connectivity index (χ2n) is 5.40. The predicted octanol–water partition coefficient (Wildman–Crippen LogP) is 2.64. The standard InChI is InChI=1S/C17H13BrN2O5/c1-7-3-11-14(17(22)24-7)13(9(6-19)16(20)25-11)8-4-10(18)15(21)12(5-8)23-2/h3-5,13,21H,20H2,1-2H3/t13-/m0/s1. The molecule has 1 aliphatic rings. The van der Waals surface area contributed by atoms with Crippen LogP contribution >= 0.6 is 15.9 Å². The summed E-state index contributed by atoms with van der Waals surface area (Å²) < 4.78 is 16.1. The van der Waals surface area contributed by atoms with Gasteiger partial charge in [-0.3, -0.25) is 0 Å². The lowest BCUT2D eigenvalue weighted by molar-refractivity contribution is 0.366. The highest BCUT2D eigenvalue weighted by molar-refractivity contribution is 9.10. The van der Waals surface area contributed by atoms with E-state index in [2.05, 4.69) is 15.9 Å². The van der Waals surface area contributed by atoms with E-state index in [0.717, 1.165) is 0 Å². The molecule has 0 fully saturated rings. The lowest BCUT2D eigenvalue weighted by Crippen LogP contribution is -2.26. The molecule has 0 aliphatic carbocycles. The van der Waals surface area contributed by atoms with E-state index in [9.17, 15) is 15.2 Å². The molecule has 7 nitrogen and oxygen atoms in total. The van der Waals surface area contributed by atoms with Gasteiger partial charge in [-0.25, -0.2) is 4.79 Å². The van der Waals surface area contributed by atoms with Crippen LogP contribution in [0.2, 0.25) is 0 Å². The van der Waals surface area contributed by atoms with Gasteiger partial charge in [-0.2, -0.15) is 5.26 Å². The second kappa shape index (κ2) is 6.18. The van der Waals surface area contributed by atoms with Gasteiger partial charge in [0.1, 0.15) is 23.2 Å². The zero-order valence-corrected chi connectivity index (χ0v) is 14.9. The van der Waals surface area contributed by atoms with Crippen LogP contribution in [0.25, 0.3) is 0 Å². The minimum atomic E-state index is -0.809. The Balaban J connectivity index is 2.34. The highest BCUT2D eigenvalue weighted by Gasteiger charge is 2.35. The summed E-state index contributed by atoms with van der Waals surface area (Å²) >= 11 is 3.24. The quantitative estimate of drug-likeness (QED) is 0.789. The van der Waals surface area contributed by atoms with Crippen molar-refractivity contribution >= 4 is 15.9 Å². The third-order valence-electron chi connectivity index (χ3n) is 3.86. The van der Waals surface area contributed by atoms with E-state index in [4.69, 9.17) is 19.6 Å². The van der Waals surface area contributed by atoms with E-state index in [1.165, 1.54) is 19.2 Å². The average molecular weight is 405 g/mol. The number of nitriles is 1. The zero-order valence-electron chi connectivity index (χ0n) is 13.3. The Morgan fingerprint density at radius 3 is 2.76 bits per heavy atom. The molecule has 0 saturated heterocycles. The first kappa shape index (κ1) is 16.9. The topological polar surface area (TPSA) is 119 Å². The number of aryl methyl sites for hydroxylation is 1. The molecule has 25 heavy (non-hydrogen) atoms. The molecule has 128 valence electrons. The van der Waals surface area contributed by atoms with Gasteiger partial charge in [-0.1, -0.05) is 0 Å². The van der Waals surface area contributed by atoms with E-state index in [1.54, 1.807) is 13.0 Å². The maximum atomic E-state index is 12.4. The molecule has 1 aliphatic heterocycles. The van der Waals surface area contributed by atoms with Gasteiger partial charge < -0.3 is 24.7 Å². The fraction of sp³-hybridized carbons (Fsp3) is 0.176. The van der Waals surface area contributed by atoms with E-state index >= 15 is 0 Å². The molecule has 0 spiro atoms. The fourth-order valence-corrected chi connectivity index (χ4v) is 3.23. The number of hydrogen-bond acceptors (Lipinski definition) is 7. The Bertz CT molecular complexity index is 1000. The molecule has 0 saturated carbocycles. The van der Waals surface area contributed by atoms with Crippen molar-refractivity contribution in [1.29, 1.82) is 5.26 Å². The van der Waals surface area contributed by atoms with Crippen molar-refractivity contribution in [2.75, 3.05) is 7.11 Å². The molecule has 2 aromatic rings. The van der Waals surface area contributed by atoms with Crippen LogP contribution in [0.15, 0.2) is 43.3 Å². The maximum absolute atomic E-state index is 12.4. The van der Waals surface area contributed by atoms with Crippen molar-refractivity contribution in [3.05, 3.63) is 61.4 Å². The van der Waals surface area contributed by atoms with Crippen molar-refractivity contribution in [3.8, 4) is 23.3 Å². The molecule has 1 aromatic heterocycles. The first-order valence-corrected chi connectivity index (χ1v) is 7.95. The number of benzene rings is 1. The molecule has 3 N–H and O–H groups in total. The van der Waals surface area contributed by atoms with Gasteiger partial charge in [0.2, 0.25) is 5.88 Å². The number of aromatic hydroxyl groups is 1. The Hall–Kier alpha value is -2.92. The number of phenolic OH excluding ortho intramolecular Hbond substituents is 1. The van der Waals surface area contributed by atoms with Crippen molar-refractivity contribution in [2.45, 2.75) is 12.8 Å². The highest BCUT2D eigenvalue weighted by atomic mass is 79.9. The smallest absolute Gasteiger partial charge is 0.343 e. The van der Waals surface area contributed by atoms with E-state index in [0.29, 0.717) is 15.8 Å². The molecular formula is C17H13BrN2O5. The molecule has 0 unspecified atom stereocenters. The number of nitrogens with two attached hydrogens (primary N) is 1. The van der Waals surface area contributed by atoms with Gasteiger partial charge >= 0.3 is 5.63 Å². The monoisotopic (exact) mass is 404 g/mol. The second-order valence-corrected chi connectivity index (χ2v) is 6.26. The predicted molar refractivity (Wildman–Crippen MR) is 91.4 cm³/mol. The van der Waals surface area contributed by atoms with Crippen LogP contribution in [-0.2, 0) is 0 Å². The Labute approximate surface area is 151 Å². The number of allylic oxidation sites excluding steroid dienone is 1. The van der Waals surface area contributed by atoms with Gasteiger partial charge in [-0.15, -0.1) is 0 Å². The summed E-state index contributed by atoms with van der Waals surface area (Å²) in [7, 11) is 1.40. The van der Waals surface area contributed by atoms with Gasteiger partial charge in [0.05, 0.1) is 23.1 Å². The van der Waals surface area contributed by atoms with Crippen molar-refractivity contribution < 1.29 is 19.0 Å². The van der Waals surface area contributed by atoms with Crippen LogP contribution < -0.4 is 20.8 Å². The first-order valence-electron chi connectivity index (χ1n) is 7.16. The lowest BCUT2D eigenvalue weighted by atomic mass is 9.84. The first-order chi connectivity index (χ1) is 11.9. The molecule has 0 amide bonds. The summed E-state index contributed by atoms with van der Waals surface area (Å²) in [6.07, 6.45) is 0. The summed E-state index contributed by atoms with van der Waals surface area (Å²) in [5.74, 6) is -0.210. The van der Waals surface area contributed by atoms with Gasteiger partial charge in [0, 0.05) is 6.07 Å². The van der Waals surface area contributed by atoms with Gasteiger partial charge in [0.25, 0.3) is 0 Å². The van der Waals surface area contributed by atoms with Crippen LogP contribution in [0.3, 0.4) is 0 Å². The number of nitrogens with zero attached hydrogens (tertiary/aromatic N) is 1. The molecule has 8 heteroatoms. The molecular weight excluding hydrogens is 392 g/mol. The number of phenols is 1. The van der Waals surface area contributed by atoms with Crippen molar-refractivity contribution in [3.63, 3.8) is 0 Å². The third-order valence-corrected chi connectivity index (χ3v) is 4.47. The van der Waals surface area contributed by atoms with Gasteiger partial charge in [0.15, 0.2) is 11.5 Å². The van der Waals surface area contributed by atoms with Crippen molar-refractivity contribution in [2.24, 2.45) is 5.73 Å². The zero-order chi connectivity index (χ0) is 18.3. The SMILES string of the molecule is COc1cc([C@H]2C(C#N)=C(N)Oc3cc(C)oc(=O)c32)cc(Br)c1O. The summed E-state index contributed by atoms with van der Waals surface area (Å²) in [4.78, 5) is 12.4. The molecule has 3 rings (SSSR count). The largest absolute Gasteiger partial charge is 0.503 e. The van der Waals surface area contributed by atoms with Gasteiger partial charge in [-0.05, 0) is 40.5 Å². The van der Waals surface area contributed by atoms with Crippen LogP contribution in [0.4, 0.5) is 0 Å².